The van der Waals surface area contributed by atoms with Gasteiger partial charge in [0.05, 0.1) is 7.11 Å². The van der Waals surface area contributed by atoms with Crippen molar-refractivity contribution in [2.45, 2.75) is 0 Å². The van der Waals surface area contributed by atoms with Gasteiger partial charge in [0, 0.05) is 11.8 Å². The summed E-state index contributed by atoms with van der Waals surface area (Å²) in [5, 5.41) is 11.9. The van der Waals surface area contributed by atoms with Crippen molar-refractivity contribution in [3.05, 3.63) is 53.6 Å². The third-order valence-electron chi connectivity index (χ3n) is 3.42. The van der Waals surface area contributed by atoms with Gasteiger partial charge in [-0.15, -0.1) is 0 Å². The first-order chi connectivity index (χ1) is 11.7. The van der Waals surface area contributed by atoms with E-state index in [-0.39, 0.29) is 12.4 Å². The predicted molar refractivity (Wildman–Crippen MR) is 87.8 cm³/mol. The van der Waals surface area contributed by atoms with Crippen LogP contribution in [0.5, 0.6) is 17.2 Å². The fourth-order valence-electron chi connectivity index (χ4n) is 2.19. The van der Waals surface area contributed by atoms with Gasteiger partial charge in [-0.2, -0.15) is 5.26 Å². The molecule has 0 aromatic heterocycles. The molecule has 0 radical (unpaired) electrons. The predicted octanol–water partition coefficient (Wildman–Crippen LogP) is 2.97. The minimum Gasteiger partial charge on any atom is -0.497 e. The Morgan fingerprint density at radius 3 is 2.67 bits per heavy atom. The molecule has 6 nitrogen and oxygen atoms in total. The SMILES string of the molecule is COc1ccc(C=C(C#N)C(=O)Nc2ccc3c(c2)OCO3)cc1. The molecule has 0 spiro atoms. The normalized spacial score (nSPS) is 12.4. The second kappa shape index (κ2) is 6.75. The molecule has 3 rings (SSSR count). The lowest BCUT2D eigenvalue weighted by atomic mass is 10.1. The van der Waals surface area contributed by atoms with Crippen LogP contribution < -0.4 is 19.5 Å². The molecule has 0 saturated carbocycles. The number of nitrogens with zero attached hydrogens (tertiary/aromatic N) is 1. The first-order valence-corrected chi connectivity index (χ1v) is 7.16. The van der Waals surface area contributed by atoms with Gasteiger partial charge >= 0.3 is 0 Å². The van der Waals surface area contributed by atoms with Crippen molar-refractivity contribution in [1.82, 2.24) is 0 Å². The van der Waals surface area contributed by atoms with Gasteiger partial charge in [-0.05, 0) is 35.9 Å². The minimum absolute atomic E-state index is 0.00201. The van der Waals surface area contributed by atoms with E-state index in [1.165, 1.54) is 6.08 Å². The molecule has 0 bridgehead atoms. The maximum Gasteiger partial charge on any atom is 0.266 e. The number of carbonyl (C=O) groups excluding carboxylic acids is 1. The molecular weight excluding hydrogens is 308 g/mol. The van der Waals surface area contributed by atoms with Crippen LogP contribution in [0.1, 0.15) is 5.56 Å². The molecule has 0 saturated heterocycles. The molecule has 120 valence electrons. The first kappa shape index (κ1) is 15.4. The number of benzene rings is 2. The standard InChI is InChI=1S/C18H14N2O4/c1-22-15-5-2-12(3-6-15)8-13(10-19)18(21)20-14-4-7-16-17(9-14)24-11-23-16/h2-9H,11H2,1H3,(H,20,21). The van der Waals surface area contributed by atoms with Crippen LogP contribution in [0.3, 0.4) is 0 Å². The second-order valence-corrected chi connectivity index (χ2v) is 4.97. The van der Waals surface area contributed by atoms with Crippen molar-refractivity contribution in [2.24, 2.45) is 0 Å². The van der Waals surface area contributed by atoms with Gasteiger partial charge in [0.2, 0.25) is 6.79 Å². The topological polar surface area (TPSA) is 80.6 Å². The van der Waals surface area contributed by atoms with E-state index < -0.39 is 5.91 Å². The summed E-state index contributed by atoms with van der Waals surface area (Å²) >= 11 is 0. The van der Waals surface area contributed by atoms with Crippen LogP contribution in [0.2, 0.25) is 0 Å². The quantitative estimate of drug-likeness (QED) is 0.691. The number of amides is 1. The molecule has 2 aromatic rings. The minimum atomic E-state index is -0.493. The summed E-state index contributed by atoms with van der Waals surface area (Å²) in [6.45, 7) is 0.160. The average molecular weight is 322 g/mol. The molecule has 1 aliphatic heterocycles. The number of hydrogen-bond donors (Lipinski definition) is 1. The smallest absolute Gasteiger partial charge is 0.266 e. The Balaban J connectivity index is 1.76. The van der Waals surface area contributed by atoms with E-state index in [0.29, 0.717) is 22.9 Å². The summed E-state index contributed by atoms with van der Waals surface area (Å²) in [5.74, 6) is 1.40. The highest BCUT2D eigenvalue weighted by Crippen LogP contribution is 2.34. The monoisotopic (exact) mass is 322 g/mol. The van der Waals surface area contributed by atoms with Crippen LogP contribution in [0.25, 0.3) is 6.08 Å². The number of carbonyl (C=O) groups is 1. The van der Waals surface area contributed by atoms with E-state index in [9.17, 15) is 10.1 Å². The molecule has 24 heavy (non-hydrogen) atoms. The molecule has 2 aromatic carbocycles. The van der Waals surface area contributed by atoms with E-state index in [2.05, 4.69) is 5.32 Å². The average Bonchev–Trinajstić information content (AvgIpc) is 3.07. The Morgan fingerprint density at radius 1 is 1.21 bits per heavy atom. The van der Waals surface area contributed by atoms with E-state index in [1.54, 1.807) is 49.6 Å². The van der Waals surface area contributed by atoms with Crippen molar-refractivity contribution in [2.75, 3.05) is 19.2 Å². The Bertz CT molecular complexity index is 835. The van der Waals surface area contributed by atoms with Gasteiger partial charge in [0.15, 0.2) is 11.5 Å². The number of hydrogen-bond acceptors (Lipinski definition) is 5. The summed E-state index contributed by atoms with van der Waals surface area (Å²) < 4.78 is 15.6. The fraction of sp³-hybridized carbons (Fsp3) is 0.111. The number of methoxy groups -OCH3 is 1. The Kier molecular flexibility index (Phi) is 4.34. The zero-order valence-electron chi connectivity index (χ0n) is 12.9. The van der Waals surface area contributed by atoms with Crippen molar-refractivity contribution in [3.8, 4) is 23.3 Å². The molecule has 1 amide bonds. The highest BCUT2D eigenvalue weighted by Gasteiger charge is 2.15. The van der Waals surface area contributed by atoms with E-state index in [1.807, 2.05) is 6.07 Å². The molecule has 0 aliphatic carbocycles. The van der Waals surface area contributed by atoms with Gasteiger partial charge in [0.1, 0.15) is 17.4 Å². The summed E-state index contributed by atoms with van der Waals surface area (Å²) in [6, 6.07) is 14.0. The second-order valence-electron chi connectivity index (χ2n) is 4.97. The Morgan fingerprint density at radius 2 is 1.96 bits per heavy atom. The molecule has 0 fully saturated rings. The third-order valence-corrected chi connectivity index (χ3v) is 3.42. The van der Waals surface area contributed by atoms with Crippen LogP contribution >= 0.6 is 0 Å². The lowest BCUT2D eigenvalue weighted by Gasteiger charge is -2.05. The zero-order valence-corrected chi connectivity index (χ0v) is 12.9. The van der Waals surface area contributed by atoms with Crippen molar-refractivity contribution >= 4 is 17.7 Å². The van der Waals surface area contributed by atoms with Gasteiger partial charge in [-0.3, -0.25) is 4.79 Å². The Labute approximate surface area is 138 Å². The van der Waals surface area contributed by atoms with Crippen molar-refractivity contribution < 1.29 is 19.0 Å². The highest BCUT2D eigenvalue weighted by atomic mass is 16.7. The van der Waals surface area contributed by atoms with Crippen LogP contribution in [0.15, 0.2) is 48.0 Å². The summed E-state index contributed by atoms with van der Waals surface area (Å²) in [5.41, 5.74) is 1.26. The third kappa shape index (κ3) is 3.31. The Hall–Kier alpha value is -3.46. The number of fused-ring (bicyclic) bond motifs is 1. The van der Waals surface area contributed by atoms with Crippen molar-refractivity contribution in [3.63, 3.8) is 0 Å². The summed E-state index contributed by atoms with van der Waals surface area (Å²) in [7, 11) is 1.57. The van der Waals surface area contributed by atoms with Crippen LogP contribution in [0.4, 0.5) is 5.69 Å². The van der Waals surface area contributed by atoms with Crippen LogP contribution in [-0.2, 0) is 4.79 Å². The van der Waals surface area contributed by atoms with Crippen LogP contribution in [-0.4, -0.2) is 19.8 Å². The van der Waals surface area contributed by atoms with Crippen LogP contribution in [0, 0.1) is 11.3 Å². The molecule has 1 heterocycles. The number of nitriles is 1. The number of nitrogens with one attached hydrogen (secondary N) is 1. The maximum absolute atomic E-state index is 12.3. The molecule has 1 aliphatic rings. The first-order valence-electron chi connectivity index (χ1n) is 7.16. The van der Waals surface area contributed by atoms with Gasteiger partial charge in [-0.25, -0.2) is 0 Å². The fourth-order valence-corrected chi connectivity index (χ4v) is 2.19. The highest BCUT2D eigenvalue weighted by molar-refractivity contribution is 6.09. The number of ether oxygens (including phenoxy) is 3. The molecular formula is C18H14N2O4. The zero-order chi connectivity index (χ0) is 16.9. The summed E-state index contributed by atoms with van der Waals surface area (Å²) in [4.78, 5) is 12.3. The largest absolute Gasteiger partial charge is 0.497 e. The lowest BCUT2D eigenvalue weighted by molar-refractivity contribution is -0.112. The van der Waals surface area contributed by atoms with E-state index in [0.717, 1.165) is 5.56 Å². The lowest BCUT2D eigenvalue weighted by Crippen LogP contribution is -2.13. The molecule has 1 N–H and O–H groups in total. The van der Waals surface area contributed by atoms with Crippen molar-refractivity contribution in [1.29, 1.82) is 5.26 Å². The van der Waals surface area contributed by atoms with Gasteiger partial charge < -0.3 is 19.5 Å². The maximum atomic E-state index is 12.3. The molecule has 0 atom stereocenters. The van der Waals surface area contributed by atoms with E-state index >= 15 is 0 Å². The van der Waals surface area contributed by atoms with Gasteiger partial charge in [-0.1, -0.05) is 12.1 Å². The molecule has 0 unspecified atom stereocenters. The number of anilines is 1. The van der Waals surface area contributed by atoms with E-state index in [4.69, 9.17) is 14.2 Å². The summed E-state index contributed by atoms with van der Waals surface area (Å²) in [6.07, 6.45) is 1.52. The van der Waals surface area contributed by atoms with Gasteiger partial charge in [0.25, 0.3) is 5.91 Å². The number of rotatable bonds is 4. The molecule has 6 heteroatoms.